The summed E-state index contributed by atoms with van der Waals surface area (Å²) in [7, 11) is 0. The zero-order valence-electron chi connectivity index (χ0n) is 15.3. The van der Waals surface area contributed by atoms with Crippen LogP contribution in [-0.4, -0.2) is 47.6 Å². The average molecular weight is 399 g/mol. The van der Waals surface area contributed by atoms with E-state index in [4.69, 9.17) is 9.84 Å². The summed E-state index contributed by atoms with van der Waals surface area (Å²) >= 11 is 0. The van der Waals surface area contributed by atoms with Gasteiger partial charge in [-0.25, -0.2) is 9.18 Å². The maximum atomic E-state index is 13.4. The van der Waals surface area contributed by atoms with Crippen molar-refractivity contribution in [3.8, 4) is 5.75 Å². The van der Waals surface area contributed by atoms with Crippen LogP contribution in [-0.2, 0) is 16.9 Å². The van der Waals surface area contributed by atoms with Crippen molar-refractivity contribution in [1.29, 1.82) is 0 Å². The molecule has 2 aliphatic heterocycles. The van der Waals surface area contributed by atoms with Crippen LogP contribution in [0.1, 0.15) is 21.5 Å². The van der Waals surface area contributed by atoms with E-state index in [2.05, 4.69) is 10.6 Å². The molecule has 4 amide bonds. The molecule has 0 radical (unpaired) electrons. The van der Waals surface area contributed by atoms with E-state index >= 15 is 0 Å². The van der Waals surface area contributed by atoms with E-state index in [1.54, 1.807) is 18.2 Å². The van der Waals surface area contributed by atoms with E-state index in [1.165, 1.54) is 29.2 Å². The van der Waals surface area contributed by atoms with E-state index < -0.39 is 23.3 Å². The number of aliphatic hydroxyl groups excluding tert-OH is 1. The number of amides is 4. The Hall–Kier alpha value is -3.46. The Balaban J connectivity index is 1.63. The fourth-order valence-electron chi connectivity index (χ4n) is 3.64. The molecule has 3 N–H and O–H groups in total. The Bertz CT molecular complexity index is 994. The number of rotatable bonds is 6. The van der Waals surface area contributed by atoms with E-state index in [0.29, 0.717) is 16.9 Å². The van der Waals surface area contributed by atoms with Crippen molar-refractivity contribution in [2.75, 3.05) is 19.8 Å². The van der Waals surface area contributed by atoms with Gasteiger partial charge in [-0.3, -0.25) is 14.9 Å². The number of halogens is 1. The van der Waals surface area contributed by atoms with Crippen molar-refractivity contribution in [1.82, 2.24) is 15.5 Å². The molecule has 2 aliphatic rings. The Morgan fingerprint density at radius 1 is 1.14 bits per heavy atom. The van der Waals surface area contributed by atoms with Crippen molar-refractivity contribution < 1.29 is 28.6 Å². The highest BCUT2D eigenvalue weighted by atomic mass is 19.1. The van der Waals surface area contributed by atoms with Gasteiger partial charge in [0.25, 0.3) is 11.8 Å². The summed E-state index contributed by atoms with van der Waals surface area (Å²) in [5.74, 6) is -0.948. The van der Waals surface area contributed by atoms with Crippen molar-refractivity contribution in [3.05, 3.63) is 65.0 Å². The van der Waals surface area contributed by atoms with E-state index in [-0.39, 0.29) is 32.2 Å². The van der Waals surface area contributed by atoms with Gasteiger partial charge in [-0.2, -0.15) is 0 Å². The van der Waals surface area contributed by atoms with E-state index in [0.717, 1.165) is 5.56 Å². The molecule has 1 saturated heterocycles. The molecule has 0 spiro atoms. The predicted octanol–water partition coefficient (Wildman–Crippen LogP) is 0.887. The molecule has 29 heavy (non-hydrogen) atoms. The maximum absolute atomic E-state index is 13.4. The zero-order chi connectivity index (χ0) is 20.6. The molecule has 4 rings (SSSR count). The highest BCUT2D eigenvalue weighted by Crippen LogP contribution is 2.32. The third-order valence-corrected chi connectivity index (χ3v) is 5.03. The lowest BCUT2D eigenvalue weighted by Gasteiger charge is -2.31. The van der Waals surface area contributed by atoms with Gasteiger partial charge in [-0.15, -0.1) is 0 Å². The van der Waals surface area contributed by atoms with E-state index in [9.17, 15) is 18.8 Å². The smallest absolute Gasteiger partial charge is 0.322 e. The molecule has 1 atom stereocenters. The second-order valence-electron chi connectivity index (χ2n) is 6.87. The van der Waals surface area contributed by atoms with Crippen molar-refractivity contribution >= 4 is 17.8 Å². The molecule has 0 saturated carbocycles. The number of nitrogens with one attached hydrogen (secondary N) is 2. The Morgan fingerprint density at radius 2 is 1.90 bits per heavy atom. The molecule has 2 heterocycles. The third-order valence-electron chi connectivity index (χ3n) is 5.03. The van der Waals surface area contributed by atoms with Gasteiger partial charge in [-0.05, 0) is 35.4 Å². The van der Waals surface area contributed by atoms with Gasteiger partial charge in [0.2, 0.25) is 0 Å². The Kier molecular flexibility index (Phi) is 4.67. The van der Waals surface area contributed by atoms with Crippen LogP contribution in [0.4, 0.5) is 9.18 Å². The van der Waals surface area contributed by atoms with Crippen LogP contribution in [0.2, 0.25) is 0 Å². The number of carbonyl (C=O) groups is 3. The molecular formula is C20H18FN3O5. The normalized spacial score (nSPS) is 20.5. The van der Waals surface area contributed by atoms with Gasteiger partial charge < -0.3 is 20.1 Å². The standard InChI is InChI=1S/C20H18FN3O5/c21-14-4-2-13(3-5-14)20(18(27)22-19(28)23-20)11-24-10-12-1-6-15(29-8-7-25)9-16(12)17(24)26/h1-6,9,25H,7-8,10-11H2,(H2,22,23,27,28). The quantitative estimate of drug-likeness (QED) is 0.626. The first-order chi connectivity index (χ1) is 13.9. The van der Waals surface area contributed by atoms with Crippen molar-refractivity contribution in [3.63, 3.8) is 0 Å². The van der Waals surface area contributed by atoms with Gasteiger partial charge in [-0.1, -0.05) is 18.2 Å². The molecule has 150 valence electrons. The molecule has 2 aromatic rings. The highest BCUT2D eigenvalue weighted by Gasteiger charge is 2.50. The second-order valence-corrected chi connectivity index (χ2v) is 6.87. The molecule has 0 bridgehead atoms. The minimum atomic E-state index is -1.52. The first-order valence-electron chi connectivity index (χ1n) is 8.98. The number of aliphatic hydroxyl groups is 1. The minimum Gasteiger partial charge on any atom is -0.491 e. The summed E-state index contributed by atoms with van der Waals surface area (Å²) in [5.41, 5.74) is 0.0429. The fraction of sp³-hybridized carbons (Fsp3) is 0.250. The first kappa shape index (κ1) is 18.9. The summed E-state index contributed by atoms with van der Waals surface area (Å²) < 4.78 is 18.7. The lowest BCUT2D eigenvalue weighted by molar-refractivity contribution is -0.124. The lowest BCUT2D eigenvalue weighted by atomic mass is 9.89. The predicted molar refractivity (Wildman–Crippen MR) is 98.5 cm³/mol. The number of fused-ring (bicyclic) bond motifs is 1. The number of ether oxygens (including phenoxy) is 1. The van der Waals surface area contributed by atoms with Crippen LogP contribution in [0.15, 0.2) is 42.5 Å². The SMILES string of the molecule is O=C1NC(=O)C(CN2Cc3ccc(OCCO)cc3C2=O)(c2ccc(F)cc2)N1. The summed E-state index contributed by atoms with van der Waals surface area (Å²) in [4.78, 5) is 38.9. The molecule has 1 fully saturated rings. The average Bonchev–Trinajstić information content (AvgIpc) is 3.17. The fourth-order valence-corrected chi connectivity index (χ4v) is 3.64. The minimum absolute atomic E-state index is 0.108. The van der Waals surface area contributed by atoms with Gasteiger partial charge in [0, 0.05) is 12.1 Å². The summed E-state index contributed by atoms with van der Waals surface area (Å²) in [6, 6.07) is 9.57. The summed E-state index contributed by atoms with van der Waals surface area (Å²) in [6.45, 7) is 0.0970. The maximum Gasteiger partial charge on any atom is 0.322 e. The zero-order valence-corrected chi connectivity index (χ0v) is 15.3. The van der Waals surface area contributed by atoms with Crippen LogP contribution in [0.3, 0.4) is 0 Å². The van der Waals surface area contributed by atoms with Crippen molar-refractivity contribution in [2.24, 2.45) is 0 Å². The van der Waals surface area contributed by atoms with Gasteiger partial charge in [0.15, 0.2) is 5.54 Å². The molecule has 9 heteroatoms. The highest BCUT2D eigenvalue weighted by molar-refractivity contribution is 6.08. The largest absolute Gasteiger partial charge is 0.491 e. The van der Waals surface area contributed by atoms with Crippen LogP contribution >= 0.6 is 0 Å². The number of carbonyl (C=O) groups excluding carboxylic acids is 3. The monoisotopic (exact) mass is 399 g/mol. The van der Waals surface area contributed by atoms with Gasteiger partial charge in [0.1, 0.15) is 18.2 Å². The first-order valence-corrected chi connectivity index (χ1v) is 8.98. The number of nitrogens with zero attached hydrogens (tertiary/aromatic N) is 1. The van der Waals surface area contributed by atoms with E-state index in [1.807, 2.05) is 0 Å². The van der Waals surface area contributed by atoms with Gasteiger partial charge >= 0.3 is 6.03 Å². The summed E-state index contributed by atoms with van der Waals surface area (Å²) in [6.07, 6.45) is 0. The molecule has 1 unspecified atom stereocenters. The molecule has 2 aromatic carbocycles. The third kappa shape index (κ3) is 3.29. The van der Waals surface area contributed by atoms with Gasteiger partial charge in [0.05, 0.1) is 13.2 Å². The molecule has 0 aliphatic carbocycles. The van der Waals surface area contributed by atoms with Crippen LogP contribution < -0.4 is 15.4 Å². The molecular weight excluding hydrogens is 381 g/mol. The lowest BCUT2D eigenvalue weighted by Crippen LogP contribution is -2.52. The van der Waals surface area contributed by atoms with Crippen molar-refractivity contribution in [2.45, 2.75) is 12.1 Å². The number of imide groups is 1. The van der Waals surface area contributed by atoms with Crippen LogP contribution in [0.25, 0.3) is 0 Å². The summed E-state index contributed by atoms with van der Waals surface area (Å²) in [5, 5.41) is 13.7. The number of benzene rings is 2. The topological polar surface area (TPSA) is 108 Å². The van der Waals surface area contributed by atoms with Crippen LogP contribution in [0.5, 0.6) is 5.75 Å². The number of hydrogen-bond acceptors (Lipinski definition) is 5. The Labute approximate surface area is 165 Å². The molecule has 8 nitrogen and oxygen atoms in total. The Morgan fingerprint density at radius 3 is 2.55 bits per heavy atom. The molecule has 0 aromatic heterocycles. The number of urea groups is 1. The van der Waals surface area contributed by atoms with Crippen LogP contribution in [0, 0.1) is 5.82 Å². The second kappa shape index (κ2) is 7.17. The number of hydrogen-bond donors (Lipinski definition) is 3.